The summed E-state index contributed by atoms with van der Waals surface area (Å²) in [6, 6.07) is 13.6. The predicted octanol–water partition coefficient (Wildman–Crippen LogP) is 4.44. The molecule has 2 aromatic carbocycles. The zero-order valence-electron chi connectivity index (χ0n) is 19.4. The van der Waals surface area contributed by atoms with Crippen molar-refractivity contribution >= 4 is 23.2 Å². The largest absolute Gasteiger partial charge is 0.491 e. The van der Waals surface area contributed by atoms with Crippen molar-refractivity contribution in [2.24, 2.45) is 4.99 Å². The lowest BCUT2D eigenvalue weighted by atomic mass is 9.98. The van der Waals surface area contributed by atoms with Gasteiger partial charge in [0.05, 0.1) is 12.7 Å². The summed E-state index contributed by atoms with van der Waals surface area (Å²) in [5.74, 6) is 1.41. The Bertz CT molecular complexity index is 941. The van der Waals surface area contributed by atoms with Crippen molar-refractivity contribution in [3.05, 3.63) is 53.6 Å². The van der Waals surface area contributed by atoms with Gasteiger partial charge in [0.1, 0.15) is 12.4 Å². The van der Waals surface area contributed by atoms with Crippen molar-refractivity contribution < 1.29 is 14.3 Å². The molecule has 3 rings (SSSR count). The van der Waals surface area contributed by atoms with Crippen LogP contribution in [0.15, 0.2) is 47.5 Å². The molecule has 1 aliphatic rings. The van der Waals surface area contributed by atoms with E-state index in [1.807, 2.05) is 56.3 Å². The normalized spacial score (nSPS) is 13.5. The second kappa shape index (κ2) is 11.5. The molecule has 1 aliphatic heterocycles. The molecule has 3 N–H and O–H groups in total. The second-order valence-electron chi connectivity index (χ2n) is 8.34. The van der Waals surface area contributed by atoms with Crippen molar-refractivity contribution in [1.82, 2.24) is 10.6 Å². The van der Waals surface area contributed by atoms with E-state index in [1.165, 1.54) is 0 Å². The summed E-state index contributed by atoms with van der Waals surface area (Å²) in [4.78, 5) is 17.0. The summed E-state index contributed by atoms with van der Waals surface area (Å²) in [5.41, 5.74) is 3.56. The number of hydrogen-bond acceptors (Lipinski definition) is 6. The lowest BCUT2D eigenvalue weighted by Gasteiger charge is -2.18. The highest BCUT2D eigenvalue weighted by molar-refractivity contribution is 6.06. The number of benzene rings is 2. The smallest absolute Gasteiger partial charge is 0.257 e. The third-order valence-corrected chi connectivity index (χ3v) is 4.98. The van der Waals surface area contributed by atoms with E-state index in [2.05, 4.69) is 34.8 Å². The quantitative estimate of drug-likeness (QED) is 0.504. The van der Waals surface area contributed by atoms with Crippen molar-refractivity contribution in [2.45, 2.75) is 46.1 Å². The molecule has 1 amide bonds. The molecule has 0 bridgehead atoms. The van der Waals surface area contributed by atoms with Crippen molar-refractivity contribution in [1.29, 1.82) is 0 Å². The van der Waals surface area contributed by atoms with E-state index in [4.69, 9.17) is 9.47 Å². The van der Waals surface area contributed by atoms with Gasteiger partial charge in [-0.1, -0.05) is 19.9 Å². The molecule has 0 radical (unpaired) electrons. The molecule has 0 fully saturated rings. The molecule has 172 valence electrons. The number of guanidine groups is 1. The molecule has 0 aliphatic carbocycles. The number of carbonyl (C=O) groups is 1. The van der Waals surface area contributed by atoms with E-state index in [0.29, 0.717) is 24.7 Å². The van der Waals surface area contributed by atoms with E-state index in [1.54, 1.807) is 0 Å². The number of aliphatic imine (C=N–C) groups is 1. The van der Waals surface area contributed by atoms with Gasteiger partial charge in [0.2, 0.25) is 0 Å². The van der Waals surface area contributed by atoms with Gasteiger partial charge >= 0.3 is 0 Å². The number of carbonyl (C=O) groups excluding carboxylic acids is 1. The number of ether oxygens (including phenoxy) is 2. The number of hydrogen-bond donors (Lipinski definition) is 3. The van der Waals surface area contributed by atoms with Gasteiger partial charge in [-0.3, -0.25) is 15.1 Å². The first-order valence-corrected chi connectivity index (χ1v) is 11.3. The fraction of sp³-hybridized carbons (Fsp3) is 0.440. The van der Waals surface area contributed by atoms with E-state index in [9.17, 15) is 4.79 Å². The van der Waals surface area contributed by atoms with Crippen molar-refractivity contribution in [2.75, 3.05) is 31.6 Å². The van der Waals surface area contributed by atoms with Gasteiger partial charge in [-0.25, -0.2) is 0 Å². The Kier molecular flexibility index (Phi) is 8.50. The molecular formula is C25H34N4O3. The van der Waals surface area contributed by atoms with Crippen LogP contribution in [0.1, 0.15) is 56.0 Å². The predicted molar refractivity (Wildman–Crippen MR) is 129 cm³/mol. The van der Waals surface area contributed by atoms with Crippen LogP contribution < -0.4 is 20.7 Å². The number of anilines is 2. The summed E-state index contributed by atoms with van der Waals surface area (Å²) in [6.07, 6.45) is 1.17. The Balaban J connectivity index is 1.69. The summed E-state index contributed by atoms with van der Waals surface area (Å²) >= 11 is 0. The lowest BCUT2D eigenvalue weighted by molar-refractivity contribution is 0.0553. The SMILES string of the molecule is CC(C)OCCOc1cccc(Nc2ccc(C(=O)NC3=NCCCN3)cc2C(C)C)c1. The minimum absolute atomic E-state index is 0.161. The lowest BCUT2D eigenvalue weighted by Crippen LogP contribution is -2.43. The van der Waals surface area contributed by atoms with Crippen LogP contribution in [0.4, 0.5) is 11.4 Å². The number of nitrogens with zero attached hydrogens (tertiary/aromatic N) is 1. The molecule has 0 unspecified atom stereocenters. The maximum atomic E-state index is 12.7. The van der Waals surface area contributed by atoms with Gasteiger partial charge in [-0.2, -0.15) is 0 Å². The summed E-state index contributed by atoms with van der Waals surface area (Å²) in [6.45, 7) is 10.9. The molecule has 32 heavy (non-hydrogen) atoms. The minimum Gasteiger partial charge on any atom is -0.491 e. The van der Waals surface area contributed by atoms with E-state index in [-0.39, 0.29) is 17.9 Å². The molecule has 0 saturated carbocycles. The average Bonchev–Trinajstić information content (AvgIpc) is 2.77. The Morgan fingerprint density at radius 2 is 1.97 bits per heavy atom. The zero-order chi connectivity index (χ0) is 22.9. The fourth-order valence-electron chi connectivity index (χ4n) is 3.35. The Morgan fingerprint density at radius 3 is 2.69 bits per heavy atom. The van der Waals surface area contributed by atoms with Crippen LogP contribution >= 0.6 is 0 Å². The van der Waals surface area contributed by atoms with Crippen LogP contribution in [0.2, 0.25) is 0 Å². The summed E-state index contributed by atoms with van der Waals surface area (Å²) in [7, 11) is 0. The van der Waals surface area contributed by atoms with Gasteiger partial charge in [-0.15, -0.1) is 0 Å². The summed E-state index contributed by atoms with van der Waals surface area (Å²) in [5, 5.41) is 9.45. The van der Waals surface area contributed by atoms with Crippen LogP contribution in [-0.2, 0) is 4.74 Å². The van der Waals surface area contributed by atoms with Gasteiger partial charge < -0.3 is 20.1 Å². The third-order valence-electron chi connectivity index (χ3n) is 4.98. The number of rotatable bonds is 9. The molecule has 0 atom stereocenters. The molecule has 7 heteroatoms. The Hall–Kier alpha value is -3.06. The number of nitrogens with one attached hydrogen (secondary N) is 3. The summed E-state index contributed by atoms with van der Waals surface area (Å²) < 4.78 is 11.3. The highest BCUT2D eigenvalue weighted by Gasteiger charge is 2.15. The molecule has 0 spiro atoms. The van der Waals surface area contributed by atoms with Gasteiger partial charge in [0, 0.05) is 36.1 Å². The zero-order valence-corrected chi connectivity index (χ0v) is 19.4. The maximum Gasteiger partial charge on any atom is 0.257 e. The van der Waals surface area contributed by atoms with Crippen molar-refractivity contribution in [3.63, 3.8) is 0 Å². The van der Waals surface area contributed by atoms with Gasteiger partial charge in [-0.05, 0) is 62.1 Å². The highest BCUT2D eigenvalue weighted by Crippen LogP contribution is 2.29. The maximum absolute atomic E-state index is 12.7. The van der Waals surface area contributed by atoms with Crippen LogP contribution in [0.5, 0.6) is 5.75 Å². The Morgan fingerprint density at radius 1 is 1.12 bits per heavy atom. The minimum atomic E-state index is -0.161. The van der Waals surface area contributed by atoms with Crippen LogP contribution in [0.25, 0.3) is 0 Å². The molecule has 0 saturated heterocycles. The topological polar surface area (TPSA) is 84.0 Å². The first-order chi connectivity index (χ1) is 15.4. The first kappa shape index (κ1) is 23.6. The van der Waals surface area contributed by atoms with Crippen LogP contribution in [-0.4, -0.2) is 44.3 Å². The standard InChI is InChI=1S/C25H34N4O3/c1-17(2)22-15-19(24(30)29-25-26-11-6-12-27-25)9-10-23(22)28-20-7-5-8-21(16-20)32-14-13-31-18(3)4/h5,7-10,15-18,28H,6,11-14H2,1-4H3,(H2,26,27,29,30). The molecule has 0 aromatic heterocycles. The van der Waals surface area contributed by atoms with E-state index < -0.39 is 0 Å². The van der Waals surface area contributed by atoms with E-state index >= 15 is 0 Å². The third kappa shape index (κ3) is 6.99. The van der Waals surface area contributed by atoms with Crippen molar-refractivity contribution in [3.8, 4) is 5.75 Å². The molecule has 1 heterocycles. The average molecular weight is 439 g/mol. The molecular weight excluding hydrogens is 404 g/mol. The van der Waals surface area contributed by atoms with Crippen LogP contribution in [0, 0.1) is 0 Å². The molecule has 2 aromatic rings. The van der Waals surface area contributed by atoms with Gasteiger partial charge in [0.15, 0.2) is 5.96 Å². The fourth-order valence-corrected chi connectivity index (χ4v) is 3.35. The second-order valence-corrected chi connectivity index (χ2v) is 8.34. The van der Waals surface area contributed by atoms with Crippen LogP contribution in [0.3, 0.4) is 0 Å². The monoisotopic (exact) mass is 438 g/mol. The number of amides is 1. The van der Waals surface area contributed by atoms with E-state index in [0.717, 1.165) is 42.2 Å². The highest BCUT2D eigenvalue weighted by atomic mass is 16.5. The first-order valence-electron chi connectivity index (χ1n) is 11.3. The Labute approximate surface area is 190 Å². The molecule has 7 nitrogen and oxygen atoms in total. The van der Waals surface area contributed by atoms with Gasteiger partial charge in [0.25, 0.3) is 5.91 Å².